The summed E-state index contributed by atoms with van der Waals surface area (Å²) in [4.78, 5) is 0. The van der Waals surface area contributed by atoms with E-state index in [1.165, 1.54) is 37.7 Å². The predicted octanol–water partition coefficient (Wildman–Crippen LogP) is 3.43. The number of hydrogen-bond donors (Lipinski definition) is 2. The van der Waals surface area contributed by atoms with Gasteiger partial charge < -0.3 is 15.4 Å². The summed E-state index contributed by atoms with van der Waals surface area (Å²) in [7, 11) is 0. The van der Waals surface area contributed by atoms with Crippen molar-refractivity contribution in [3.05, 3.63) is 42.1 Å². The van der Waals surface area contributed by atoms with Crippen LogP contribution >= 0.6 is 0 Å². The fraction of sp³-hybridized carbons (Fsp3) is 0.550. The predicted molar refractivity (Wildman–Crippen MR) is 99.9 cm³/mol. The van der Waals surface area contributed by atoms with Gasteiger partial charge >= 0.3 is 0 Å². The summed E-state index contributed by atoms with van der Waals surface area (Å²) in [6, 6.07) is 10.6. The zero-order valence-electron chi connectivity index (χ0n) is 14.8. The average molecular weight is 340 g/mol. The van der Waals surface area contributed by atoms with Crippen LogP contribution < -0.4 is 15.4 Å². The average Bonchev–Trinajstić information content (AvgIpc) is 3.12. The van der Waals surface area contributed by atoms with Gasteiger partial charge in [0, 0.05) is 38.2 Å². The van der Waals surface area contributed by atoms with Gasteiger partial charge in [-0.3, -0.25) is 0 Å². The van der Waals surface area contributed by atoms with Crippen LogP contribution in [0.4, 0.5) is 5.82 Å². The van der Waals surface area contributed by atoms with Gasteiger partial charge in [0.25, 0.3) is 0 Å². The smallest absolute Gasteiger partial charge is 0.124 e. The molecule has 2 aromatic rings. The first-order valence-corrected chi connectivity index (χ1v) is 9.59. The molecule has 134 valence electrons. The molecular weight excluding hydrogens is 312 g/mol. The topological polar surface area (TPSA) is 51.1 Å². The van der Waals surface area contributed by atoms with Gasteiger partial charge in [0.2, 0.25) is 0 Å². The second-order valence-corrected chi connectivity index (χ2v) is 7.30. The van der Waals surface area contributed by atoms with Gasteiger partial charge in [0.05, 0.1) is 12.3 Å². The molecule has 2 aliphatic rings. The summed E-state index contributed by atoms with van der Waals surface area (Å²) >= 11 is 0. The molecule has 0 spiro atoms. The van der Waals surface area contributed by atoms with Crippen LogP contribution in [0.1, 0.15) is 37.7 Å². The van der Waals surface area contributed by atoms with Crippen LogP contribution in [0.3, 0.4) is 0 Å². The molecule has 1 saturated carbocycles. The third-order valence-corrected chi connectivity index (χ3v) is 5.26. The van der Waals surface area contributed by atoms with Gasteiger partial charge in [0.15, 0.2) is 0 Å². The summed E-state index contributed by atoms with van der Waals surface area (Å²) in [5.41, 5.74) is 1.31. The summed E-state index contributed by atoms with van der Waals surface area (Å²) in [5.74, 6) is 2.71. The molecule has 1 aromatic heterocycles. The number of anilines is 1. The van der Waals surface area contributed by atoms with Crippen molar-refractivity contribution in [1.29, 1.82) is 0 Å². The lowest BCUT2D eigenvalue weighted by Gasteiger charge is -2.25. The molecule has 4 rings (SSSR count). The molecule has 1 fully saturated rings. The van der Waals surface area contributed by atoms with E-state index in [1.54, 1.807) is 0 Å². The van der Waals surface area contributed by atoms with E-state index in [9.17, 15) is 0 Å². The van der Waals surface area contributed by atoms with E-state index in [1.807, 2.05) is 16.9 Å². The first-order chi connectivity index (χ1) is 12.4. The van der Waals surface area contributed by atoms with Crippen molar-refractivity contribution in [3.63, 3.8) is 0 Å². The Hall–Kier alpha value is -2.01. The van der Waals surface area contributed by atoms with Crippen LogP contribution in [0, 0.1) is 5.92 Å². The van der Waals surface area contributed by atoms with Crippen molar-refractivity contribution in [3.8, 4) is 5.75 Å². The van der Waals surface area contributed by atoms with Crippen LogP contribution in [0.15, 0.2) is 36.5 Å². The Morgan fingerprint density at radius 1 is 1.12 bits per heavy atom. The van der Waals surface area contributed by atoms with Gasteiger partial charge in [-0.2, -0.15) is 5.10 Å². The van der Waals surface area contributed by atoms with Crippen LogP contribution in [0.2, 0.25) is 0 Å². The van der Waals surface area contributed by atoms with Crippen molar-refractivity contribution in [2.75, 3.05) is 18.4 Å². The van der Waals surface area contributed by atoms with E-state index in [-0.39, 0.29) is 0 Å². The minimum atomic E-state index is 0.420. The SMILES string of the molecule is c1cc2n(n1)C[C@@H](CNCc1ccc(OC3CCCCC3)cc1)CN2. The Morgan fingerprint density at radius 3 is 2.80 bits per heavy atom. The molecule has 0 saturated heterocycles. The second kappa shape index (κ2) is 7.91. The minimum absolute atomic E-state index is 0.420. The lowest BCUT2D eigenvalue weighted by Crippen LogP contribution is -2.35. The number of hydrogen-bond acceptors (Lipinski definition) is 4. The number of nitrogens with zero attached hydrogens (tertiary/aromatic N) is 2. The molecule has 0 bridgehead atoms. The van der Waals surface area contributed by atoms with Crippen molar-refractivity contribution < 1.29 is 4.74 Å². The number of aromatic nitrogens is 2. The van der Waals surface area contributed by atoms with Crippen molar-refractivity contribution in [2.45, 2.75) is 51.3 Å². The quantitative estimate of drug-likeness (QED) is 0.846. The Kier molecular flexibility index (Phi) is 5.21. The fourth-order valence-corrected chi connectivity index (χ4v) is 3.80. The number of fused-ring (bicyclic) bond motifs is 1. The van der Waals surface area contributed by atoms with E-state index in [0.29, 0.717) is 12.0 Å². The lowest BCUT2D eigenvalue weighted by molar-refractivity contribution is 0.155. The molecule has 2 N–H and O–H groups in total. The Bertz CT molecular complexity index is 661. The van der Waals surface area contributed by atoms with Gasteiger partial charge in [-0.05, 0) is 43.4 Å². The van der Waals surface area contributed by atoms with Gasteiger partial charge in [-0.25, -0.2) is 4.68 Å². The second-order valence-electron chi connectivity index (χ2n) is 7.30. The summed E-state index contributed by atoms with van der Waals surface area (Å²) < 4.78 is 8.15. The Balaban J connectivity index is 1.21. The first kappa shape index (κ1) is 16.5. The minimum Gasteiger partial charge on any atom is -0.490 e. The maximum absolute atomic E-state index is 6.10. The van der Waals surface area contributed by atoms with E-state index in [2.05, 4.69) is 40.0 Å². The fourth-order valence-electron chi connectivity index (χ4n) is 3.80. The molecule has 25 heavy (non-hydrogen) atoms. The van der Waals surface area contributed by atoms with Gasteiger partial charge in [-0.15, -0.1) is 0 Å². The molecule has 5 heteroatoms. The van der Waals surface area contributed by atoms with Gasteiger partial charge in [-0.1, -0.05) is 18.6 Å². The third-order valence-electron chi connectivity index (χ3n) is 5.26. The highest BCUT2D eigenvalue weighted by Crippen LogP contribution is 2.23. The lowest BCUT2D eigenvalue weighted by atomic mass is 9.98. The van der Waals surface area contributed by atoms with Crippen LogP contribution in [-0.4, -0.2) is 29.0 Å². The summed E-state index contributed by atoms with van der Waals surface area (Å²) in [6.45, 7) is 3.88. The molecule has 0 radical (unpaired) electrons. The van der Waals surface area contributed by atoms with E-state index < -0.39 is 0 Å². The van der Waals surface area contributed by atoms with Crippen molar-refractivity contribution in [2.24, 2.45) is 5.92 Å². The summed E-state index contributed by atoms with van der Waals surface area (Å²) in [6.07, 6.45) is 8.67. The normalized spacial score (nSPS) is 20.7. The number of benzene rings is 1. The highest BCUT2D eigenvalue weighted by Gasteiger charge is 2.17. The van der Waals surface area contributed by atoms with E-state index >= 15 is 0 Å². The van der Waals surface area contributed by atoms with E-state index in [0.717, 1.165) is 37.7 Å². The molecule has 1 aliphatic heterocycles. The zero-order valence-corrected chi connectivity index (χ0v) is 14.8. The van der Waals surface area contributed by atoms with Gasteiger partial charge in [0.1, 0.15) is 11.6 Å². The number of ether oxygens (including phenoxy) is 1. The standard InChI is InChI=1S/C20H28N4O/c1-2-4-18(5-3-1)25-19-8-6-16(7-9-19)12-21-13-17-14-22-20-10-11-23-24(20)15-17/h6-11,17-18,21-22H,1-5,12-15H2/t17-/m0/s1. The molecule has 5 nitrogen and oxygen atoms in total. The number of rotatable bonds is 6. The maximum atomic E-state index is 6.10. The molecule has 1 aliphatic carbocycles. The summed E-state index contributed by atoms with van der Waals surface area (Å²) in [5, 5.41) is 11.3. The van der Waals surface area contributed by atoms with Crippen LogP contribution in [0.25, 0.3) is 0 Å². The molecule has 1 aromatic carbocycles. The van der Waals surface area contributed by atoms with E-state index in [4.69, 9.17) is 4.74 Å². The molecule has 0 unspecified atom stereocenters. The molecule has 2 heterocycles. The van der Waals surface area contributed by atoms with Crippen molar-refractivity contribution >= 4 is 5.82 Å². The zero-order chi connectivity index (χ0) is 16.9. The number of nitrogens with one attached hydrogen (secondary N) is 2. The Labute approximate surface area is 149 Å². The molecule has 0 amide bonds. The molecular formula is C20H28N4O. The monoisotopic (exact) mass is 340 g/mol. The van der Waals surface area contributed by atoms with Crippen LogP contribution in [0.5, 0.6) is 5.75 Å². The highest BCUT2D eigenvalue weighted by atomic mass is 16.5. The third kappa shape index (κ3) is 4.34. The van der Waals surface area contributed by atoms with Crippen molar-refractivity contribution in [1.82, 2.24) is 15.1 Å². The maximum Gasteiger partial charge on any atom is 0.124 e. The Morgan fingerprint density at radius 2 is 1.96 bits per heavy atom. The van der Waals surface area contributed by atoms with Crippen LogP contribution in [-0.2, 0) is 13.1 Å². The highest BCUT2D eigenvalue weighted by molar-refractivity contribution is 5.35. The largest absolute Gasteiger partial charge is 0.490 e. The molecule has 1 atom stereocenters. The first-order valence-electron chi connectivity index (χ1n) is 9.59.